The van der Waals surface area contributed by atoms with Gasteiger partial charge in [-0.3, -0.25) is 9.89 Å². The number of aliphatic imine (C=N–C) groups is 1. The summed E-state index contributed by atoms with van der Waals surface area (Å²) in [6.45, 7) is 6.43. The van der Waals surface area contributed by atoms with Crippen molar-refractivity contribution in [2.45, 2.75) is 32.4 Å². The number of hydrogen-bond donors (Lipinski definition) is 3. The van der Waals surface area contributed by atoms with Gasteiger partial charge in [-0.15, -0.1) is 0 Å². The van der Waals surface area contributed by atoms with E-state index in [1.54, 1.807) is 0 Å². The number of guanidine groups is 1. The van der Waals surface area contributed by atoms with E-state index in [1.807, 2.05) is 13.0 Å². The van der Waals surface area contributed by atoms with E-state index in [0.29, 0.717) is 19.1 Å². The van der Waals surface area contributed by atoms with Crippen LogP contribution in [0.3, 0.4) is 0 Å². The van der Waals surface area contributed by atoms with Gasteiger partial charge in [-0.1, -0.05) is 30.3 Å². The summed E-state index contributed by atoms with van der Waals surface area (Å²) in [4.78, 5) is 7.19. The molecular formula is C18H31N5O2S. The molecule has 1 aliphatic rings. The molecule has 0 saturated carbocycles. The molecule has 0 bridgehead atoms. The lowest BCUT2D eigenvalue weighted by molar-refractivity contribution is 0.250. The molecule has 0 aliphatic carbocycles. The second-order valence-electron chi connectivity index (χ2n) is 6.57. The van der Waals surface area contributed by atoms with Crippen LogP contribution >= 0.6 is 0 Å². The Morgan fingerprint density at radius 3 is 2.69 bits per heavy atom. The van der Waals surface area contributed by atoms with Crippen LogP contribution < -0.4 is 15.4 Å². The molecule has 3 N–H and O–H groups in total. The molecule has 1 unspecified atom stereocenters. The molecule has 0 amide bonds. The van der Waals surface area contributed by atoms with E-state index < -0.39 is 10.0 Å². The molecule has 1 aliphatic heterocycles. The summed E-state index contributed by atoms with van der Waals surface area (Å²) in [6.07, 6.45) is 3.52. The summed E-state index contributed by atoms with van der Waals surface area (Å²) in [5.74, 6) is 0.731. The van der Waals surface area contributed by atoms with Gasteiger partial charge in [0.05, 0.1) is 12.8 Å². The highest BCUT2D eigenvalue weighted by Crippen LogP contribution is 2.20. The average molecular weight is 382 g/mol. The van der Waals surface area contributed by atoms with Crippen LogP contribution in [-0.2, 0) is 16.6 Å². The zero-order valence-corrected chi connectivity index (χ0v) is 16.6. The van der Waals surface area contributed by atoms with Gasteiger partial charge in [0.15, 0.2) is 5.96 Å². The smallest absolute Gasteiger partial charge is 0.208 e. The second kappa shape index (κ2) is 10.5. The lowest BCUT2D eigenvalue weighted by atomic mass is 10.2. The van der Waals surface area contributed by atoms with Gasteiger partial charge in [-0.05, 0) is 31.9 Å². The number of hydrogen-bond acceptors (Lipinski definition) is 4. The molecule has 1 fully saturated rings. The summed E-state index contributed by atoms with van der Waals surface area (Å²) >= 11 is 0. The van der Waals surface area contributed by atoms with Gasteiger partial charge in [-0.25, -0.2) is 13.1 Å². The van der Waals surface area contributed by atoms with Gasteiger partial charge in [0.25, 0.3) is 0 Å². The first-order valence-corrected chi connectivity index (χ1v) is 11.1. The summed E-state index contributed by atoms with van der Waals surface area (Å²) in [5.41, 5.74) is 1.33. The quantitative estimate of drug-likeness (QED) is 0.334. The fraction of sp³-hybridized carbons (Fsp3) is 0.611. The van der Waals surface area contributed by atoms with Crippen molar-refractivity contribution in [2.75, 3.05) is 39.0 Å². The van der Waals surface area contributed by atoms with E-state index in [4.69, 9.17) is 4.99 Å². The monoisotopic (exact) mass is 381 g/mol. The Hall–Kier alpha value is -1.64. The number of likely N-dealkylation sites (tertiary alicyclic amines) is 1. The van der Waals surface area contributed by atoms with Crippen molar-refractivity contribution in [3.05, 3.63) is 35.9 Å². The maximum atomic E-state index is 11.1. The van der Waals surface area contributed by atoms with Crippen molar-refractivity contribution in [3.8, 4) is 0 Å². The second-order valence-corrected chi connectivity index (χ2v) is 8.40. The van der Waals surface area contributed by atoms with Gasteiger partial charge >= 0.3 is 0 Å². The lowest BCUT2D eigenvalue weighted by Gasteiger charge is -2.23. The van der Waals surface area contributed by atoms with Gasteiger partial charge in [-0.2, -0.15) is 0 Å². The molecule has 0 aromatic heterocycles. The highest BCUT2D eigenvalue weighted by atomic mass is 32.2. The lowest BCUT2D eigenvalue weighted by Crippen LogP contribution is -2.42. The third-order valence-electron chi connectivity index (χ3n) is 4.31. The third kappa shape index (κ3) is 7.72. The largest absolute Gasteiger partial charge is 0.357 e. The predicted molar refractivity (Wildman–Crippen MR) is 107 cm³/mol. The summed E-state index contributed by atoms with van der Waals surface area (Å²) in [6, 6.07) is 11.0. The minimum atomic E-state index is -3.15. The molecule has 2 rings (SSSR count). The van der Waals surface area contributed by atoms with Crippen molar-refractivity contribution in [3.63, 3.8) is 0 Å². The molecule has 1 aromatic rings. The number of rotatable bonds is 9. The van der Waals surface area contributed by atoms with Crippen LogP contribution in [0.4, 0.5) is 0 Å². The Bertz CT molecular complexity index is 663. The van der Waals surface area contributed by atoms with E-state index in [1.165, 1.54) is 12.0 Å². The zero-order chi connectivity index (χ0) is 18.8. The van der Waals surface area contributed by atoms with Crippen LogP contribution in [0.5, 0.6) is 0 Å². The molecule has 26 heavy (non-hydrogen) atoms. The van der Waals surface area contributed by atoms with E-state index in [9.17, 15) is 8.42 Å². The first kappa shape index (κ1) is 20.7. The fourth-order valence-corrected chi connectivity index (χ4v) is 3.56. The third-order valence-corrected chi connectivity index (χ3v) is 5.04. The highest BCUT2D eigenvalue weighted by molar-refractivity contribution is 7.88. The first-order valence-electron chi connectivity index (χ1n) is 9.22. The van der Waals surface area contributed by atoms with E-state index in [0.717, 1.165) is 44.8 Å². The predicted octanol–water partition coefficient (Wildman–Crippen LogP) is 0.755. The normalized spacial score (nSPS) is 18.8. The van der Waals surface area contributed by atoms with E-state index in [2.05, 4.69) is 44.5 Å². The Morgan fingerprint density at radius 1 is 1.23 bits per heavy atom. The van der Waals surface area contributed by atoms with E-state index in [-0.39, 0.29) is 0 Å². The molecule has 0 radical (unpaired) electrons. The Kier molecular flexibility index (Phi) is 8.34. The van der Waals surface area contributed by atoms with Crippen LogP contribution in [-0.4, -0.2) is 64.3 Å². The minimum Gasteiger partial charge on any atom is -0.357 e. The standard InChI is InChI=1S/C18H31N5O2S/c1-3-19-18(20-11-12-22-26(2,24)25)21-14-17-10-7-13-23(17)15-16-8-5-4-6-9-16/h4-6,8-9,17,22H,3,7,10-15H2,1-2H3,(H2,19,20,21). The van der Waals surface area contributed by atoms with Gasteiger partial charge < -0.3 is 10.6 Å². The van der Waals surface area contributed by atoms with Crippen molar-refractivity contribution < 1.29 is 8.42 Å². The highest BCUT2D eigenvalue weighted by Gasteiger charge is 2.24. The molecule has 146 valence electrons. The summed E-state index contributed by atoms with van der Waals surface area (Å²) < 4.78 is 24.7. The van der Waals surface area contributed by atoms with Gasteiger partial charge in [0, 0.05) is 32.2 Å². The van der Waals surface area contributed by atoms with Gasteiger partial charge in [0.2, 0.25) is 10.0 Å². The molecular weight excluding hydrogens is 350 g/mol. The molecule has 7 nitrogen and oxygen atoms in total. The molecule has 1 atom stereocenters. The topological polar surface area (TPSA) is 85.8 Å². The summed E-state index contributed by atoms with van der Waals surface area (Å²) in [7, 11) is -3.15. The van der Waals surface area contributed by atoms with Gasteiger partial charge in [0.1, 0.15) is 0 Å². The number of nitrogens with one attached hydrogen (secondary N) is 3. The summed E-state index contributed by atoms with van der Waals surface area (Å²) in [5, 5.41) is 6.39. The maximum absolute atomic E-state index is 11.1. The van der Waals surface area contributed by atoms with Crippen LogP contribution in [0.15, 0.2) is 35.3 Å². The van der Waals surface area contributed by atoms with Crippen LogP contribution in [0.1, 0.15) is 25.3 Å². The Balaban J connectivity index is 1.84. The maximum Gasteiger partial charge on any atom is 0.208 e. The SMILES string of the molecule is CCNC(=NCC1CCCN1Cc1ccccc1)NCCNS(C)(=O)=O. The first-order chi connectivity index (χ1) is 12.5. The molecule has 1 saturated heterocycles. The van der Waals surface area contributed by atoms with Crippen molar-refractivity contribution in [2.24, 2.45) is 4.99 Å². The van der Waals surface area contributed by atoms with Crippen molar-refractivity contribution in [1.82, 2.24) is 20.3 Å². The van der Waals surface area contributed by atoms with Crippen LogP contribution in [0.2, 0.25) is 0 Å². The van der Waals surface area contributed by atoms with Crippen LogP contribution in [0, 0.1) is 0 Å². The Labute approximate surface area is 157 Å². The number of benzene rings is 1. The number of nitrogens with zero attached hydrogens (tertiary/aromatic N) is 2. The molecule has 1 aromatic carbocycles. The van der Waals surface area contributed by atoms with Crippen molar-refractivity contribution in [1.29, 1.82) is 0 Å². The number of sulfonamides is 1. The molecule has 8 heteroatoms. The van der Waals surface area contributed by atoms with Crippen LogP contribution in [0.25, 0.3) is 0 Å². The zero-order valence-electron chi connectivity index (χ0n) is 15.7. The Morgan fingerprint density at radius 2 is 2.00 bits per heavy atom. The fourth-order valence-electron chi connectivity index (χ4n) is 3.08. The average Bonchev–Trinajstić information content (AvgIpc) is 3.03. The molecule has 1 heterocycles. The molecule has 0 spiro atoms. The van der Waals surface area contributed by atoms with Crippen molar-refractivity contribution >= 4 is 16.0 Å². The minimum absolute atomic E-state index is 0.340. The van der Waals surface area contributed by atoms with E-state index >= 15 is 0 Å².